The molecule has 0 aromatic carbocycles. The van der Waals surface area contributed by atoms with Gasteiger partial charge in [0.05, 0.1) is 6.54 Å². The monoisotopic (exact) mass is 287 g/mol. The molecule has 0 radical (unpaired) electrons. The molecule has 1 spiro atoms. The predicted octanol–water partition coefficient (Wildman–Crippen LogP) is 1.29. The van der Waals surface area contributed by atoms with E-state index in [-0.39, 0.29) is 18.4 Å². The Balaban J connectivity index is 1.69. The van der Waals surface area contributed by atoms with Gasteiger partial charge in [0.25, 0.3) is 0 Å². The van der Waals surface area contributed by atoms with E-state index >= 15 is 0 Å². The molecule has 3 rings (SSSR count). The Hall–Kier alpha value is -1.91. The Morgan fingerprint density at radius 2 is 1.86 bits per heavy atom. The summed E-state index contributed by atoms with van der Waals surface area (Å²) >= 11 is 0. The van der Waals surface area contributed by atoms with Crippen molar-refractivity contribution in [3.05, 3.63) is 30.1 Å². The summed E-state index contributed by atoms with van der Waals surface area (Å²) < 4.78 is 0. The average Bonchev–Trinajstić information content (AvgIpc) is 2.51. The van der Waals surface area contributed by atoms with Crippen molar-refractivity contribution >= 4 is 11.8 Å². The van der Waals surface area contributed by atoms with Crippen LogP contribution in [0.3, 0.4) is 0 Å². The molecule has 1 N–H and O–H groups in total. The third-order valence-corrected chi connectivity index (χ3v) is 4.54. The van der Waals surface area contributed by atoms with Crippen molar-refractivity contribution in [2.75, 3.05) is 13.1 Å². The predicted molar refractivity (Wildman–Crippen MR) is 78.5 cm³/mol. The molecule has 5 heteroatoms. The number of nitrogens with one attached hydrogen (secondary N) is 1. The van der Waals surface area contributed by atoms with Crippen LogP contribution in [0.15, 0.2) is 24.5 Å². The highest BCUT2D eigenvalue weighted by molar-refractivity contribution is 5.98. The van der Waals surface area contributed by atoms with Gasteiger partial charge in [0, 0.05) is 18.9 Å². The van der Waals surface area contributed by atoms with Crippen molar-refractivity contribution in [2.45, 2.75) is 44.1 Å². The number of piperazine rings is 1. The van der Waals surface area contributed by atoms with Gasteiger partial charge in [-0.05, 0) is 37.0 Å². The first-order valence-corrected chi connectivity index (χ1v) is 7.69. The number of rotatable bonds is 3. The topological polar surface area (TPSA) is 62.3 Å². The van der Waals surface area contributed by atoms with Crippen LogP contribution in [0.4, 0.5) is 0 Å². The number of pyridine rings is 1. The Labute approximate surface area is 124 Å². The van der Waals surface area contributed by atoms with Crippen molar-refractivity contribution in [3.8, 4) is 0 Å². The molecule has 1 aromatic rings. The van der Waals surface area contributed by atoms with Crippen molar-refractivity contribution in [2.24, 2.45) is 0 Å². The summed E-state index contributed by atoms with van der Waals surface area (Å²) in [7, 11) is 0. The molecule has 0 atom stereocenters. The fourth-order valence-corrected chi connectivity index (χ4v) is 3.40. The van der Waals surface area contributed by atoms with Crippen molar-refractivity contribution < 1.29 is 9.59 Å². The fourth-order valence-electron chi connectivity index (χ4n) is 3.40. The normalized spacial score (nSPS) is 21.4. The van der Waals surface area contributed by atoms with Crippen molar-refractivity contribution in [1.82, 2.24) is 15.2 Å². The summed E-state index contributed by atoms with van der Waals surface area (Å²) in [6.45, 7) is 0.781. The van der Waals surface area contributed by atoms with Crippen LogP contribution in [0.2, 0.25) is 0 Å². The van der Waals surface area contributed by atoms with Gasteiger partial charge in [-0.3, -0.25) is 14.6 Å². The number of hydrogen-bond donors (Lipinski definition) is 1. The molecule has 0 unspecified atom stereocenters. The van der Waals surface area contributed by atoms with Crippen molar-refractivity contribution in [1.29, 1.82) is 0 Å². The zero-order valence-electron chi connectivity index (χ0n) is 12.2. The molecule has 1 aliphatic carbocycles. The van der Waals surface area contributed by atoms with Gasteiger partial charge in [-0.15, -0.1) is 0 Å². The van der Waals surface area contributed by atoms with Crippen LogP contribution in [0.1, 0.15) is 37.7 Å². The smallest absolute Gasteiger partial charge is 0.248 e. The molecule has 1 saturated heterocycles. The van der Waals surface area contributed by atoms with E-state index in [9.17, 15) is 9.59 Å². The van der Waals surface area contributed by atoms with Crippen LogP contribution in [0.5, 0.6) is 0 Å². The third-order valence-electron chi connectivity index (χ3n) is 4.54. The third kappa shape index (κ3) is 2.91. The molecule has 0 bridgehead atoms. The van der Waals surface area contributed by atoms with Crippen LogP contribution < -0.4 is 5.32 Å². The van der Waals surface area contributed by atoms with Crippen LogP contribution >= 0.6 is 0 Å². The second-order valence-electron chi connectivity index (χ2n) is 6.02. The highest BCUT2D eigenvalue weighted by atomic mass is 16.2. The highest BCUT2D eigenvalue weighted by Gasteiger charge is 2.46. The molecule has 5 nitrogen and oxygen atoms in total. The van der Waals surface area contributed by atoms with Crippen molar-refractivity contribution in [3.63, 3.8) is 0 Å². The molecule has 2 fully saturated rings. The van der Waals surface area contributed by atoms with E-state index in [1.54, 1.807) is 17.3 Å². The van der Waals surface area contributed by atoms with Gasteiger partial charge in [0.2, 0.25) is 11.8 Å². The summed E-state index contributed by atoms with van der Waals surface area (Å²) in [5, 5.41) is 2.97. The molecule has 1 saturated carbocycles. The van der Waals surface area contributed by atoms with Gasteiger partial charge >= 0.3 is 0 Å². The van der Waals surface area contributed by atoms with E-state index in [2.05, 4.69) is 10.3 Å². The second kappa shape index (κ2) is 5.84. The Morgan fingerprint density at radius 1 is 1.14 bits per heavy atom. The van der Waals surface area contributed by atoms with Gasteiger partial charge in [-0.1, -0.05) is 19.3 Å². The van der Waals surface area contributed by atoms with E-state index in [1.807, 2.05) is 12.1 Å². The minimum atomic E-state index is -0.619. The van der Waals surface area contributed by atoms with E-state index < -0.39 is 5.54 Å². The first-order chi connectivity index (χ1) is 10.2. The Morgan fingerprint density at radius 3 is 2.57 bits per heavy atom. The maximum atomic E-state index is 12.8. The first-order valence-electron chi connectivity index (χ1n) is 7.69. The Bertz CT molecular complexity index is 524. The van der Waals surface area contributed by atoms with E-state index in [0.29, 0.717) is 6.54 Å². The lowest BCUT2D eigenvalue weighted by Crippen LogP contribution is -2.67. The quantitative estimate of drug-likeness (QED) is 0.911. The molecule has 1 aromatic heterocycles. The molecule has 2 amide bonds. The lowest BCUT2D eigenvalue weighted by atomic mass is 9.79. The van der Waals surface area contributed by atoms with E-state index in [4.69, 9.17) is 0 Å². The van der Waals surface area contributed by atoms with Crippen LogP contribution in [-0.2, 0) is 16.0 Å². The fraction of sp³-hybridized carbons (Fsp3) is 0.562. The number of nitrogens with zero attached hydrogens (tertiary/aromatic N) is 2. The summed E-state index contributed by atoms with van der Waals surface area (Å²) in [5.74, 6) is 0.0853. The standard InChI is InChI=1S/C16H21N3O2/c20-14-12-19(11-6-13-4-9-17-10-5-13)15(21)16(18-14)7-2-1-3-8-16/h4-5,9-10H,1-3,6-8,11-12H2,(H,18,20). The maximum Gasteiger partial charge on any atom is 0.248 e. The molecule has 112 valence electrons. The summed E-state index contributed by atoms with van der Waals surface area (Å²) in [5.41, 5.74) is 0.521. The molecule has 2 heterocycles. The van der Waals surface area contributed by atoms with Crippen LogP contribution in [-0.4, -0.2) is 40.3 Å². The maximum absolute atomic E-state index is 12.8. The molecular weight excluding hydrogens is 266 g/mol. The number of carbonyl (C=O) groups excluding carboxylic acids is 2. The summed E-state index contributed by atoms with van der Waals surface area (Å²) in [6.07, 6.45) is 9.02. The lowest BCUT2D eigenvalue weighted by molar-refractivity contribution is -0.151. The SMILES string of the molecule is O=C1CN(CCc2ccncc2)C(=O)C2(CCCCC2)N1. The highest BCUT2D eigenvalue weighted by Crippen LogP contribution is 2.31. The summed E-state index contributed by atoms with van der Waals surface area (Å²) in [6, 6.07) is 3.90. The number of aromatic nitrogens is 1. The lowest BCUT2D eigenvalue weighted by Gasteiger charge is -2.44. The van der Waals surface area contributed by atoms with Gasteiger partial charge in [0.1, 0.15) is 5.54 Å². The zero-order chi connectivity index (χ0) is 14.7. The number of hydrogen-bond acceptors (Lipinski definition) is 3. The molecule has 2 aliphatic rings. The first kappa shape index (κ1) is 14.0. The molecular formula is C16H21N3O2. The number of carbonyl (C=O) groups is 2. The average molecular weight is 287 g/mol. The minimum Gasteiger partial charge on any atom is -0.340 e. The van der Waals surface area contributed by atoms with Gasteiger partial charge < -0.3 is 10.2 Å². The largest absolute Gasteiger partial charge is 0.340 e. The summed E-state index contributed by atoms with van der Waals surface area (Å²) in [4.78, 5) is 30.5. The zero-order valence-corrected chi connectivity index (χ0v) is 12.2. The minimum absolute atomic E-state index is 0.0220. The van der Waals surface area contributed by atoms with Gasteiger partial charge in [-0.25, -0.2) is 0 Å². The Kier molecular flexibility index (Phi) is 3.90. The van der Waals surface area contributed by atoms with E-state index in [0.717, 1.165) is 44.1 Å². The molecule has 1 aliphatic heterocycles. The van der Waals surface area contributed by atoms with Crippen LogP contribution in [0, 0.1) is 0 Å². The van der Waals surface area contributed by atoms with Gasteiger partial charge in [0.15, 0.2) is 0 Å². The molecule has 21 heavy (non-hydrogen) atoms. The number of amides is 2. The van der Waals surface area contributed by atoms with Gasteiger partial charge in [-0.2, -0.15) is 0 Å². The van der Waals surface area contributed by atoms with E-state index in [1.165, 1.54) is 0 Å². The van der Waals surface area contributed by atoms with Crippen LogP contribution in [0.25, 0.3) is 0 Å². The second-order valence-corrected chi connectivity index (χ2v) is 6.02.